The van der Waals surface area contributed by atoms with Crippen LogP contribution in [-0.2, 0) is 6.54 Å². The van der Waals surface area contributed by atoms with Crippen LogP contribution in [0.3, 0.4) is 0 Å². The molecule has 3 aromatic heterocycles. The van der Waals surface area contributed by atoms with E-state index < -0.39 is 0 Å². The summed E-state index contributed by atoms with van der Waals surface area (Å²) in [5.74, 6) is -0.196. The average molecular weight is 365 g/mol. The Morgan fingerprint density at radius 2 is 2.04 bits per heavy atom. The van der Waals surface area contributed by atoms with Crippen LogP contribution < -0.4 is 0 Å². The topological polar surface area (TPSA) is 92.6 Å². The summed E-state index contributed by atoms with van der Waals surface area (Å²) in [6.45, 7) is 0.216. The number of halogens is 1. The number of amides is 1. The molecular weight excluding hydrogens is 349 g/mol. The summed E-state index contributed by atoms with van der Waals surface area (Å²) >= 11 is 0. The largest absolute Gasteiger partial charge is 0.342 e. The number of benzene rings is 1. The first-order valence-electron chi connectivity index (χ1n) is 8.24. The van der Waals surface area contributed by atoms with Crippen molar-refractivity contribution >= 4 is 16.9 Å². The van der Waals surface area contributed by atoms with Crippen molar-refractivity contribution in [1.29, 1.82) is 0 Å². The van der Waals surface area contributed by atoms with Gasteiger partial charge in [0.1, 0.15) is 11.5 Å². The van der Waals surface area contributed by atoms with Crippen molar-refractivity contribution in [3.63, 3.8) is 0 Å². The Balaban J connectivity index is 1.79. The standard InChI is InChI=1S/C18H16FN7O/c1-25(2)18(27)16-21-15(22-23-16)14-12-7-5-9-20-17(12)26(24-14)10-11-6-3-4-8-13(11)19/h3-9H,10H2,1-2H3,(H,21,22,23). The predicted octanol–water partition coefficient (Wildman–Crippen LogP) is 2.11. The predicted molar refractivity (Wildman–Crippen MR) is 96.4 cm³/mol. The summed E-state index contributed by atoms with van der Waals surface area (Å²) in [6, 6.07) is 10.1. The van der Waals surface area contributed by atoms with Gasteiger partial charge in [-0.05, 0) is 18.2 Å². The molecule has 1 amide bonds. The zero-order valence-electron chi connectivity index (χ0n) is 14.7. The zero-order valence-corrected chi connectivity index (χ0v) is 14.7. The molecule has 8 nitrogen and oxygen atoms in total. The van der Waals surface area contributed by atoms with Crippen molar-refractivity contribution in [3.05, 3.63) is 59.8 Å². The van der Waals surface area contributed by atoms with Gasteiger partial charge >= 0.3 is 0 Å². The Morgan fingerprint density at radius 3 is 2.81 bits per heavy atom. The van der Waals surface area contributed by atoms with Gasteiger partial charge in [-0.3, -0.25) is 9.89 Å². The third-order valence-electron chi connectivity index (χ3n) is 4.09. The van der Waals surface area contributed by atoms with Crippen molar-refractivity contribution < 1.29 is 9.18 Å². The summed E-state index contributed by atoms with van der Waals surface area (Å²) in [7, 11) is 3.26. The molecule has 0 saturated carbocycles. The van der Waals surface area contributed by atoms with Crippen LogP contribution in [0.2, 0.25) is 0 Å². The Morgan fingerprint density at radius 1 is 1.22 bits per heavy atom. The number of nitrogens with one attached hydrogen (secondary N) is 1. The second-order valence-corrected chi connectivity index (χ2v) is 6.18. The molecule has 0 aliphatic rings. The van der Waals surface area contributed by atoms with Crippen molar-refractivity contribution in [3.8, 4) is 11.5 Å². The van der Waals surface area contributed by atoms with Crippen LogP contribution in [0.15, 0.2) is 42.6 Å². The minimum absolute atomic E-state index is 0.121. The van der Waals surface area contributed by atoms with E-state index in [1.54, 1.807) is 49.2 Å². The molecule has 0 saturated heterocycles. The Kier molecular flexibility index (Phi) is 4.11. The monoisotopic (exact) mass is 365 g/mol. The van der Waals surface area contributed by atoms with Gasteiger partial charge in [-0.25, -0.2) is 19.0 Å². The van der Waals surface area contributed by atoms with E-state index in [0.717, 1.165) is 5.39 Å². The highest BCUT2D eigenvalue weighted by molar-refractivity contribution is 5.92. The molecule has 0 aliphatic carbocycles. The maximum absolute atomic E-state index is 14.0. The molecule has 9 heteroatoms. The van der Waals surface area contributed by atoms with E-state index in [4.69, 9.17) is 0 Å². The van der Waals surface area contributed by atoms with Gasteiger partial charge in [0.05, 0.1) is 11.9 Å². The number of pyridine rings is 1. The summed E-state index contributed by atoms with van der Waals surface area (Å²) < 4.78 is 15.6. The molecule has 0 atom stereocenters. The minimum atomic E-state index is -0.310. The molecule has 0 radical (unpaired) electrons. The molecule has 3 heterocycles. The lowest BCUT2D eigenvalue weighted by Crippen LogP contribution is -2.22. The number of hydrogen-bond donors (Lipinski definition) is 1. The lowest BCUT2D eigenvalue weighted by molar-refractivity contribution is 0.0816. The van der Waals surface area contributed by atoms with Gasteiger partial charge in [-0.15, -0.1) is 0 Å². The van der Waals surface area contributed by atoms with Gasteiger partial charge in [-0.1, -0.05) is 18.2 Å². The van der Waals surface area contributed by atoms with E-state index in [9.17, 15) is 9.18 Å². The smallest absolute Gasteiger partial charge is 0.290 e. The highest BCUT2D eigenvalue weighted by Gasteiger charge is 2.20. The molecule has 4 aromatic rings. The third-order valence-corrected chi connectivity index (χ3v) is 4.09. The fourth-order valence-electron chi connectivity index (χ4n) is 2.75. The molecule has 0 spiro atoms. The number of carbonyl (C=O) groups excluding carboxylic acids is 1. The second-order valence-electron chi connectivity index (χ2n) is 6.18. The quantitative estimate of drug-likeness (QED) is 0.598. The lowest BCUT2D eigenvalue weighted by Gasteiger charge is -2.05. The van der Waals surface area contributed by atoms with E-state index in [-0.39, 0.29) is 29.9 Å². The molecule has 4 rings (SSSR count). The number of fused-ring (bicyclic) bond motifs is 1. The van der Waals surface area contributed by atoms with Gasteiger partial charge in [0.25, 0.3) is 5.91 Å². The van der Waals surface area contributed by atoms with E-state index >= 15 is 0 Å². The number of hydrogen-bond acceptors (Lipinski definition) is 5. The Bertz CT molecular complexity index is 1130. The van der Waals surface area contributed by atoms with Gasteiger partial charge in [0, 0.05) is 25.9 Å². The van der Waals surface area contributed by atoms with Crippen LogP contribution in [0.4, 0.5) is 4.39 Å². The van der Waals surface area contributed by atoms with Crippen LogP contribution in [0.1, 0.15) is 16.2 Å². The fourth-order valence-corrected chi connectivity index (χ4v) is 2.75. The van der Waals surface area contributed by atoms with Gasteiger partial charge in [-0.2, -0.15) is 10.2 Å². The first kappa shape index (κ1) is 16.8. The molecule has 1 aromatic carbocycles. The molecule has 0 fully saturated rings. The van der Waals surface area contributed by atoms with Crippen LogP contribution in [0, 0.1) is 5.82 Å². The number of aromatic amines is 1. The number of H-pyrrole nitrogens is 1. The normalized spacial score (nSPS) is 11.1. The Labute approximate surface area is 153 Å². The number of rotatable bonds is 4. The number of nitrogens with zero attached hydrogens (tertiary/aromatic N) is 6. The SMILES string of the molecule is CN(C)C(=O)c1nc(-c2nn(Cc3ccccc3F)c3ncccc23)n[nH]1. The third kappa shape index (κ3) is 3.03. The van der Waals surface area contributed by atoms with Crippen molar-refractivity contribution in [1.82, 2.24) is 34.8 Å². The summed E-state index contributed by atoms with van der Waals surface area (Å²) in [5, 5.41) is 12.0. The number of aromatic nitrogens is 6. The lowest BCUT2D eigenvalue weighted by atomic mass is 10.2. The van der Waals surface area contributed by atoms with Gasteiger partial charge in [0.15, 0.2) is 5.65 Å². The minimum Gasteiger partial charge on any atom is -0.342 e. The Hall–Kier alpha value is -3.62. The van der Waals surface area contributed by atoms with Crippen LogP contribution >= 0.6 is 0 Å². The first-order valence-corrected chi connectivity index (χ1v) is 8.24. The molecular formula is C18H16FN7O. The highest BCUT2D eigenvalue weighted by Crippen LogP contribution is 2.25. The van der Waals surface area contributed by atoms with E-state index in [0.29, 0.717) is 16.9 Å². The second kappa shape index (κ2) is 6.60. The fraction of sp³-hybridized carbons (Fsp3) is 0.167. The van der Waals surface area contributed by atoms with Gasteiger partial charge < -0.3 is 4.90 Å². The molecule has 0 bridgehead atoms. The molecule has 27 heavy (non-hydrogen) atoms. The highest BCUT2D eigenvalue weighted by atomic mass is 19.1. The van der Waals surface area contributed by atoms with Crippen LogP contribution in [0.25, 0.3) is 22.6 Å². The maximum atomic E-state index is 14.0. The van der Waals surface area contributed by atoms with E-state index in [1.807, 2.05) is 6.07 Å². The van der Waals surface area contributed by atoms with Crippen LogP contribution in [-0.4, -0.2) is 54.8 Å². The molecule has 136 valence electrons. The average Bonchev–Trinajstić information content (AvgIpc) is 3.28. The maximum Gasteiger partial charge on any atom is 0.290 e. The summed E-state index contributed by atoms with van der Waals surface area (Å²) in [6.07, 6.45) is 1.64. The van der Waals surface area contributed by atoms with Crippen LogP contribution in [0.5, 0.6) is 0 Å². The van der Waals surface area contributed by atoms with E-state index in [1.165, 1.54) is 11.0 Å². The molecule has 1 N–H and O–H groups in total. The zero-order chi connectivity index (χ0) is 19.0. The van der Waals surface area contributed by atoms with Gasteiger partial charge in [0.2, 0.25) is 11.6 Å². The summed E-state index contributed by atoms with van der Waals surface area (Å²) in [5.41, 5.74) is 1.56. The summed E-state index contributed by atoms with van der Waals surface area (Å²) in [4.78, 5) is 22.1. The van der Waals surface area contributed by atoms with Crippen molar-refractivity contribution in [2.75, 3.05) is 14.1 Å². The van der Waals surface area contributed by atoms with Crippen molar-refractivity contribution in [2.24, 2.45) is 0 Å². The van der Waals surface area contributed by atoms with Crippen molar-refractivity contribution in [2.45, 2.75) is 6.54 Å². The molecule has 0 unspecified atom stereocenters. The number of carbonyl (C=O) groups is 1. The van der Waals surface area contributed by atoms with E-state index in [2.05, 4.69) is 25.3 Å². The molecule has 0 aliphatic heterocycles. The first-order chi connectivity index (χ1) is 13.0.